The molecule has 234 valence electrons. The van der Waals surface area contributed by atoms with E-state index in [1.807, 2.05) is 25.1 Å². The monoisotopic (exact) mass is 614 g/mol. The van der Waals surface area contributed by atoms with Gasteiger partial charge in [-0.25, -0.2) is 13.8 Å². The van der Waals surface area contributed by atoms with E-state index in [-0.39, 0.29) is 47.5 Å². The SMILES string of the molecule is CCc1cccc2cc(O)cc(-c3nc4c5c(nc(OC[C@]67CCCN6C[C@@H](F)C7)nc5c3F)N3C[C@H]5CC[C@H](N5)[C@@H]3CO4)c12. The van der Waals surface area contributed by atoms with Crippen molar-refractivity contribution in [1.29, 1.82) is 0 Å². The van der Waals surface area contributed by atoms with Crippen LogP contribution in [0.4, 0.5) is 14.6 Å². The third kappa shape index (κ3) is 4.19. The van der Waals surface area contributed by atoms with Crippen molar-refractivity contribution in [3.63, 3.8) is 0 Å². The minimum Gasteiger partial charge on any atom is -0.508 e. The lowest BCUT2D eigenvalue weighted by atomic mass is 9.95. The third-order valence-corrected chi connectivity index (χ3v) is 10.8. The molecule has 11 heteroatoms. The molecule has 0 radical (unpaired) electrons. The Morgan fingerprint density at radius 3 is 2.96 bits per heavy atom. The van der Waals surface area contributed by atoms with E-state index >= 15 is 4.39 Å². The highest BCUT2D eigenvalue weighted by Gasteiger charge is 2.50. The van der Waals surface area contributed by atoms with Crippen LogP contribution in [0.15, 0.2) is 30.3 Å². The number of aryl methyl sites for hydroxylation is 1. The Morgan fingerprint density at radius 2 is 2.07 bits per heavy atom. The molecule has 0 amide bonds. The number of alkyl halides is 1. The molecule has 2 aromatic carbocycles. The van der Waals surface area contributed by atoms with Crippen molar-refractivity contribution in [3.05, 3.63) is 41.7 Å². The van der Waals surface area contributed by atoms with Gasteiger partial charge in [-0.15, -0.1) is 0 Å². The Morgan fingerprint density at radius 1 is 1.16 bits per heavy atom. The van der Waals surface area contributed by atoms with Gasteiger partial charge in [0.25, 0.3) is 0 Å². The van der Waals surface area contributed by atoms with E-state index < -0.39 is 17.5 Å². The fourth-order valence-electron chi connectivity index (χ4n) is 8.78. The summed E-state index contributed by atoms with van der Waals surface area (Å²) in [6.07, 6.45) is 4.18. The predicted molar refractivity (Wildman–Crippen MR) is 166 cm³/mol. The van der Waals surface area contributed by atoms with Gasteiger partial charge in [-0.2, -0.15) is 9.97 Å². The van der Waals surface area contributed by atoms with Crippen molar-refractivity contribution >= 4 is 27.5 Å². The minimum atomic E-state index is -0.885. The zero-order valence-electron chi connectivity index (χ0n) is 25.2. The second kappa shape index (κ2) is 10.1. The van der Waals surface area contributed by atoms with Gasteiger partial charge < -0.3 is 24.8 Å². The number of nitrogens with one attached hydrogen (secondary N) is 1. The fraction of sp³-hybridized carbons (Fsp3) is 0.500. The number of ether oxygens (including phenoxy) is 2. The molecule has 5 atom stereocenters. The first-order valence-corrected chi connectivity index (χ1v) is 16.2. The molecule has 0 saturated carbocycles. The molecule has 2 bridgehead atoms. The highest BCUT2D eigenvalue weighted by Crippen LogP contribution is 2.45. The number of rotatable bonds is 5. The van der Waals surface area contributed by atoms with E-state index in [9.17, 15) is 9.50 Å². The average Bonchev–Trinajstić information content (AvgIpc) is 3.67. The van der Waals surface area contributed by atoms with Gasteiger partial charge in [0.05, 0.1) is 11.6 Å². The summed E-state index contributed by atoms with van der Waals surface area (Å²) in [5.41, 5.74) is 1.24. The van der Waals surface area contributed by atoms with Crippen LogP contribution in [0.2, 0.25) is 0 Å². The standard InChI is InChI=1S/C34H36F2N6O3/c1-2-18-5-3-6-19-11-22(43)12-23(26(18)19)29-28(36)30-27-31(42-15-21-7-8-24(37-21)25(42)16-44-32(27)38-29)40-33(39-30)45-17-34-9-4-10-41(34)14-20(35)13-34/h3,5-6,11-12,20-21,24-25,37,43H,2,4,7-10,13-17H2,1H3/t20-,21+,24-,25-,34+/m0/s1. The van der Waals surface area contributed by atoms with Crippen molar-refractivity contribution in [2.45, 2.75) is 75.3 Å². The van der Waals surface area contributed by atoms with Gasteiger partial charge in [0.2, 0.25) is 5.88 Å². The van der Waals surface area contributed by atoms with Crippen molar-refractivity contribution in [1.82, 2.24) is 25.2 Å². The lowest BCUT2D eigenvalue weighted by Gasteiger charge is -2.40. The zero-order valence-corrected chi connectivity index (χ0v) is 25.2. The number of aromatic hydroxyl groups is 1. The van der Waals surface area contributed by atoms with Crippen molar-refractivity contribution in [2.24, 2.45) is 0 Å². The Bertz CT molecular complexity index is 1860. The maximum absolute atomic E-state index is 17.0. The molecule has 4 aromatic rings. The normalized spacial score (nSPS) is 28.7. The molecule has 9 nitrogen and oxygen atoms in total. The lowest BCUT2D eigenvalue weighted by molar-refractivity contribution is 0.107. The van der Waals surface area contributed by atoms with Crippen LogP contribution in [0, 0.1) is 5.82 Å². The average molecular weight is 615 g/mol. The molecule has 4 saturated heterocycles. The van der Waals surface area contributed by atoms with Crippen LogP contribution in [-0.4, -0.2) is 87.6 Å². The molecule has 0 unspecified atom stereocenters. The van der Waals surface area contributed by atoms with Crippen LogP contribution in [0.5, 0.6) is 17.6 Å². The summed E-state index contributed by atoms with van der Waals surface area (Å²) in [7, 11) is 0. The van der Waals surface area contributed by atoms with Gasteiger partial charge in [-0.1, -0.05) is 25.1 Å². The maximum Gasteiger partial charge on any atom is 0.319 e. The Kier molecular flexibility index (Phi) is 6.16. The lowest BCUT2D eigenvalue weighted by Crippen LogP contribution is -2.60. The number of hydrogen-bond acceptors (Lipinski definition) is 9. The largest absolute Gasteiger partial charge is 0.508 e. The molecular weight excluding hydrogens is 578 g/mol. The number of benzene rings is 2. The van der Waals surface area contributed by atoms with E-state index in [1.165, 1.54) is 0 Å². The summed E-state index contributed by atoms with van der Waals surface area (Å²) in [6.45, 7) is 4.63. The van der Waals surface area contributed by atoms with Crippen LogP contribution >= 0.6 is 0 Å². The molecule has 0 spiro atoms. The Hall–Kier alpha value is -3.83. The topological polar surface area (TPSA) is 95.9 Å². The second-order valence-electron chi connectivity index (χ2n) is 13.4. The number of phenolic OH excluding ortho intramolecular Hbond substituents is 1. The van der Waals surface area contributed by atoms with Gasteiger partial charge in [-0.3, -0.25) is 4.90 Å². The number of aromatic nitrogens is 3. The van der Waals surface area contributed by atoms with E-state index in [2.05, 4.69) is 20.1 Å². The number of nitrogens with zero attached hydrogens (tertiary/aromatic N) is 5. The summed E-state index contributed by atoms with van der Waals surface area (Å²) in [5.74, 6) is 0.240. The van der Waals surface area contributed by atoms with Gasteiger partial charge in [0.1, 0.15) is 47.5 Å². The summed E-state index contributed by atoms with van der Waals surface area (Å²) in [5, 5.41) is 16.5. The number of fused-ring (bicyclic) bond motifs is 7. The first kappa shape index (κ1) is 27.5. The first-order chi connectivity index (χ1) is 21.9. The van der Waals surface area contributed by atoms with Gasteiger partial charge in [0.15, 0.2) is 5.82 Å². The number of anilines is 1. The fourth-order valence-corrected chi connectivity index (χ4v) is 8.78. The van der Waals surface area contributed by atoms with Crippen LogP contribution in [-0.2, 0) is 6.42 Å². The van der Waals surface area contributed by atoms with Crippen LogP contribution in [0.3, 0.4) is 0 Å². The summed E-state index contributed by atoms with van der Waals surface area (Å²) in [6, 6.07) is 9.68. The minimum absolute atomic E-state index is 0.0187. The molecule has 2 N–H and O–H groups in total. The van der Waals surface area contributed by atoms with E-state index in [1.54, 1.807) is 12.1 Å². The zero-order chi connectivity index (χ0) is 30.4. The summed E-state index contributed by atoms with van der Waals surface area (Å²) in [4.78, 5) is 18.8. The number of phenols is 1. The molecule has 0 aliphatic carbocycles. The quantitative estimate of drug-likeness (QED) is 0.325. The van der Waals surface area contributed by atoms with Gasteiger partial charge in [-0.05, 0) is 67.1 Å². The molecule has 7 heterocycles. The van der Waals surface area contributed by atoms with Gasteiger partial charge in [0, 0.05) is 37.2 Å². The molecule has 9 rings (SSSR count). The molecule has 5 aliphatic rings. The van der Waals surface area contributed by atoms with Crippen molar-refractivity contribution < 1.29 is 23.4 Å². The highest BCUT2D eigenvalue weighted by molar-refractivity contribution is 6.03. The molecule has 45 heavy (non-hydrogen) atoms. The van der Waals surface area contributed by atoms with E-state index in [0.29, 0.717) is 48.9 Å². The third-order valence-electron chi connectivity index (χ3n) is 10.8. The van der Waals surface area contributed by atoms with Crippen LogP contribution in [0.1, 0.15) is 44.6 Å². The van der Waals surface area contributed by atoms with Crippen LogP contribution in [0.25, 0.3) is 32.9 Å². The number of halogens is 2. The number of piperazine rings is 1. The molecule has 2 aromatic heterocycles. The summed E-state index contributed by atoms with van der Waals surface area (Å²) < 4.78 is 44.3. The second-order valence-corrected chi connectivity index (χ2v) is 13.4. The molecule has 5 aliphatic heterocycles. The van der Waals surface area contributed by atoms with E-state index in [4.69, 9.17) is 19.4 Å². The van der Waals surface area contributed by atoms with Crippen molar-refractivity contribution in [2.75, 3.05) is 37.7 Å². The van der Waals surface area contributed by atoms with E-state index in [0.717, 1.165) is 55.0 Å². The van der Waals surface area contributed by atoms with Crippen LogP contribution < -0.4 is 19.7 Å². The Labute approximate surface area is 259 Å². The first-order valence-electron chi connectivity index (χ1n) is 16.2. The molecule has 4 fully saturated rings. The Balaban J connectivity index is 1.24. The predicted octanol–water partition coefficient (Wildman–Crippen LogP) is 4.91. The van der Waals surface area contributed by atoms with Gasteiger partial charge >= 0.3 is 6.01 Å². The summed E-state index contributed by atoms with van der Waals surface area (Å²) >= 11 is 0. The van der Waals surface area contributed by atoms with Crippen molar-refractivity contribution in [3.8, 4) is 28.9 Å². The smallest absolute Gasteiger partial charge is 0.319 e. The number of pyridine rings is 1. The highest BCUT2D eigenvalue weighted by atomic mass is 19.1. The number of hydrogen-bond donors (Lipinski definition) is 2. The molecular formula is C34H36F2N6O3. The maximum atomic E-state index is 17.0.